The van der Waals surface area contributed by atoms with Gasteiger partial charge in [-0.1, -0.05) is 0 Å². The molecule has 0 bridgehead atoms. The zero-order valence-electron chi connectivity index (χ0n) is 18.4. The van der Waals surface area contributed by atoms with Gasteiger partial charge < -0.3 is 10.1 Å². The molecule has 1 aliphatic rings. The number of anilines is 1. The molecule has 1 aromatic heterocycles. The molecule has 0 aromatic carbocycles. The Hall–Kier alpha value is -2.48. The highest BCUT2D eigenvalue weighted by molar-refractivity contribution is 5.85. The number of hydrogen-bond acceptors (Lipinski definition) is 7. The molecule has 1 unspecified atom stereocenters. The Morgan fingerprint density at radius 1 is 1.30 bits per heavy atom. The van der Waals surface area contributed by atoms with Gasteiger partial charge in [0.25, 0.3) is 0 Å². The van der Waals surface area contributed by atoms with Crippen molar-refractivity contribution in [3.05, 3.63) is 24.0 Å². The second-order valence-electron chi connectivity index (χ2n) is 8.88. The summed E-state index contributed by atoms with van der Waals surface area (Å²) < 4.78 is 5.40. The van der Waals surface area contributed by atoms with Gasteiger partial charge in [-0.2, -0.15) is 0 Å². The van der Waals surface area contributed by atoms with Crippen molar-refractivity contribution in [2.45, 2.75) is 70.9 Å². The first-order valence-electron chi connectivity index (χ1n) is 10.6. The van der Waals surface area contributed by atoms with Crippen molar-refractivity contribution in [2.75, 3.05) is 25.0 Å². The lowest BCUT2D eigenvalue weighted by atomic mass is 9.93. The number of piperidine rings is 1. The molecule has 8 nitrogen and oxygen atoms in total. The fourth-order valence-corrected chi connectivity index (χ4v) is 3.52. The third-order valence-corrected chi connectivity index (χ3v) is 5.00. The molecule has 1 fully saturated rings. The van der Waals surface area contributed by atoms with Crippen LogP contribution in [0.5, 0.6) is 0 Å². The molecule has 1 saturated heterocycles. The molecule has 1 atom stereocenters. The molecule has 0 saturated carbocycles. The Balaban J connectivity index is 1.76. The van der Waals surface area contributed by atoms with Gasteiger partial charge >= 0.3 is 5.97 Å². The second-order valence-corrected chi connectivity index (χ2v) is 8.88. The number of likely N-dealkylation sites (tertiary alicyclic amines) is 1. The molecule has 30 heavy (non-hydrogen) atoms. The number of amides is 2. The standard InChI is InChI=1S/C22H34N4O4/c1-16(5-8-20(28)24-15-27)25-18-6-7-19(23-13-18)17-9-11-26(12-10-17)14-21(29)30-22(2,3)4/h6-7,13,15-17,25H,5,8-12,14H2,1-4H3,(H,24,27,28). The van der Waals surface area contributed by atoms with Crippen LogP contribution in [0.1, 0.15) is 65.0 Å². The van der Waals surface area contributed by atoms with Crippen LogP contribution in [0.2, 0.25) is 0 Å². The van der Waals surface area contributed by atoms with E-state index in [1.165, 1.54) is 0 Å². The van der Waals surface area contributed by atoms with Crippen LogP contribution >= 0.6 is 0 Å². The Morgan fingerprint density at radius 2 is 2.00 bits per heavy atom. The minimum absolute atomic E-state index is 0.0890. The number of pyridine rings is 1. The molecule has 2 heterocycles. The third kappa shape index (κ3) is 8.49. The Bertz CT molecular complexity index is 707. The van der Waals surface area contributed by atoms with E-state index in [2.05, 4.69) is 20.5 Å². The monoisotopic (exact) mass is 418 g/mol. The van der Waals surface area contributed by atoms with Crippen LogP contribution in [0.3, 0.4) is 0 Å². The maximum Gasteiger partial charge on any atom is 0.320 e. The van der Waals surface area contributed by atoms with Crippen LogP contribution in [0.25, 0.3) is 0 Å². The first kappa shape index (κ1) is 23.8. The second kappa shape index (κ2) is 11.1. The molecule has 0 spiro atoms. The van der Waals surface area contributed by atoms with E-state index in [1.54, 1.807) is 0 Å². The van der Waals surface area contributed by atoms with E-state index in [1.807, 2.05) is 46.0 Å². The number of imide groups is 1. The van der Waals surface area contributed by atoms with E-state index in [0.717, 1.165) is 37.3 Å². The van der Waals surface area contributed by atoms with Crippen LogP contribution in [-0.2, 0) is 19.1 Å². The number of aromatic nitrogens is 1. The van der Waals surface area contributed by atoms with Crippen LogP contribution in [-0.4, -0.2) is 59.4 Å². The minimum atomic E-state index is -0.450. The summed E-state index contributed by atoms with van der Waals surface area (Å²) in [7, 11) is 0. The van der Waals surface area contributed by atoms with E-state index in [9.17, 15) is 14.4 Å². The summed E-state index contributed by atoms with van der Waals surface area (Å²) in [6.07, 6.45) is 5.07. The van der Waals surface area contributed by atoms with Gasteiger partial charge in [-0.15, -0.1) is 0 Å². The SMILES string of the molecule is CC(CCC(=O)NC=O)Nc1ccc(C2CCN(CC(=O)OC(C)(C)C)CC2)nc1. The molecule has 2 N–H and O–H groups in total. The molecule has 8 heteroatoms. The van der Waals surface area contributed by atoms with Crippen molar-refractivity contribution in [1.82, 2.24) is 15.2 Å². The third-order valence-electron chi connectivity index (χ3n) is 5.00. The quantitative estimate of drug-likeness (QED) is 0.469. The van der Waals surface area contributed by atoms with Gasteiger partial charge in [-0.3, -0.25) is 29.6 Å². The number of nitrogens with one attached hydrogen (secondary N) is 2. The lowest BCUT2D eigenvalue weighted by Crippen LogP contribution is -2.39. The maximum atomic E-state index is 12.0. The zero-order valence-corrected chi connectivity index (χ0v) is 18.4. The van der Waals surface area contributed by atoms with Crippen molar-refractivity contribution in [3.8, 4) is 0 Å². The summed E-state index contributed by atoms with van der Waals surface area (Å²) in [6.45, 7) is 9.67. The van der Waals surface area contributed by atoms with Gasteiger partial charge in [-0.25, -0.2) is 0 Å². The van der Waals surface area contributed by atoms with Crippen molar-refractivity contribution in [2.24, 2.45) is 0 Å². The molecular weight excluding hydrogens is 384 g/mol. The highest BCUT2D eigenvalue weighted by atomic mass is 16.6. The summed E-state index contributed by atoms with van der Waals surface area (Å²) in [5, 5.41) is 5.47. The maximum absolute atomic E-state index is 12.0. The average Bonchev–Trinajstić information content (AvgIpc) is 2.66. The van der Waals surface area contributed by atoms with Gasteiger partial charge in [0.1, 0.15) is 5.60 Å². The van der Waals surface area contributed by atoms with Crippen LogP contribution < -0.4 is 10.6 Å². The van der Waals surface area contributed by atoms with Gasteiger partial charge in [0, 0.05) is 24.1 Å². The van der Waals surface area contributed by atoms with E-state index in [0.29, 0.717) is 31.7 Å². The normalized spacial score (nSPS) is 16.5. The Kier molecular flexibility index (Phi) is 8.77. The topological polar surface area (TPSA) is 101 Å². The molecule has 1 aliphatic heterocycles. The summed E-state index contributed by atoms with van der Waals surface area (Å²) in [4.78, 5) is 40.4. The first-order chi connectivity index (χ1) is 14.2. The van der Waals surface area contributed by atoms with Gasteiger partial charge in [0.15, 0.2) is 0 Å². The summed E-state index contributed by atoms with van der Waals surface area (Å²) in [6, 6.07) is 4.14. The van der Waals surface area contributed by atoms with Crippen molar-refractivity contribution >= 4 is 24.0 Å². The predicted molar refractivity (Wildman–Crippen MR) is 115 cm³/mol. The summed E-state index contributed by atoms with van der Waals surface area (Å²) in [5.41, 5.74) is 1.52. The predicted octanol–water partition coefficient (Wildman–Crippen LogP) is 2.46. The van der Waals surface area contributed by atoms with Gasteiger partial charge in [0.2, 0.25) is 12.3 Å². The molecule has 2 rings (SSSR count). The van der Waals surface area contributed by atoms with Crippen LogP contribution in [0.15, 0.2) is 18.3 Å². The first-order valence-corrected chi connectivity index (χ1v) is 10.6. The van der Waals surface area contributed by atoms with Crippen LogP contribution in [0.4, 0.5) is 5.69 Å². The van der Waals surface area contributed by atoms with Crippen molar-refractivity contribution in [1.29, 1.82) is 0 Å². The van der Waals surface area contributed by atoms with E-state index < -0.39 is 5.60 Å². The Labute approximate surface area is 178 Å². The van der Waals surface area contributed by atoms with Crippen molar-refractivity contribution < 1.29 is 19.1 Å². The molecule has 1 aromatic rings. The fraction of sp³-hybridized carbons (Fsp3) is 0.636. The fourth-order valence-electron chi connectivity index (χ4n) is 3.52. The number of carbonyl (C=O) groups excluding carboxylic acids is 3. The number of ether oxygens (including phenoxy) is 1. The smallest absolute Gasteiger partial charge is 0.320 e. The summed E-state index contributed by atoms with van der Waals surface area (Å²) in [5.74, 6) is -0.0595. The number of nitrogens with zero attached hydrogens (tertiary/aromatic N) is 2. The molecular formula is C22H34N4O4. The number of carbonyl (C=O) groups is 3. The summed E-state index contributed by atoms with van der Waals surface area (Å²) >= 11 is 0. The van der Waals surface area contributed by atoms with Crippen LogP contribution in [0, 0.1) is 0 Å². The minimum Gasteiger partial charge on any atom is -0.459 e. The largest absolute Gasteiger partial charge is 0.459 e. The van der Waals surface area contributed by atoms with E-state index in [4.69, 9.17) is 4.74 Å². The number of hydrogen-bond donors (Lipinski definition) is 2. The van der Waals surface area contributed by atoms with Gasteiger partial charge in [-0.05, 0) is 72.2 Å². The highest BCUT2D eigenvalue weighted by Gasteiger charge is 2.25. The van der Waals surface area contributed by atoms with E-state index >= 15 is 0 Å². The highest BCUT2D eigenvalue weighted by Crippen LogP contribution is 2.27. The van der Waals surface area contributed by atoms with Crippen molar-refractivity contribution in [3.63, 3.8) is 0 Å². The molecule has 0 aliphatic carbocycles. The van der Waals surface area contributed by atoms with E-state index in [-0.39, 0.29) is 17.9 Å². The Morgan fingerprint density at radius 3 is 2.57 bits per heavy atom. The lowest BCUT2D eigenvalue weighted by Gasteiger charge is -2.31. The number of esters is 1. The molecule has 0 radical (unpaired) electrons. The number of rotatable bonds is 9. The lowest BCUT2D eigenvalue weighted by molar-refractivity contribution is -0.156. The zero-order chi connectivity index (χ0) is 22.1. The molecule has 166 valence electrons. The molecule has 2 amide bonds. The average molecular weight is 419 g/mol. The van der Waals surface area contributed by atoms with Gasteiger partial charge in [0.05, 0.1) is 18.4 Å².